The van der Waals surface area contributed by atoms with Crippen LogP contribution in [0.3, 0.4) is 0 Å². The Kier molecular flexibility index (Phi) is 3.40. The average molecular weight is 231 g/mol. The fourth-order valence-electron chi connectivity index (χ4n) is 1.42. The molecule has 2 aromatic rings. The van der Waals surface area contributed by atoms with Crippen molar-refractivity contribution in [2.24, 2.45) is 0 Å². The molecule has 17 heavy (non-hydrogen) atoms. The molecule has 0 unspecified atom stereocenters. The number of hydrogen-bond acceptors (Lipinski definition) is 4. The van der Waals surface area contributed by atoms with Gasteiger partial charge in [-0.15, -0.1) is 0 Å². The monoisotopic (exact) mass is 231 g/mol. The predicted octanol–water partition coefficient (Wildman–Crippen LogP) is 0.905. The molecule has 0 aliphatic carbocycles. The van der Waals surface area contributed by atoms with Crippen molar-refractivity contribution in [1.29, 1.82) is 0 Å². The van der Waals surface area contributed by atoms with Crippen molar-refractivity contribution in [3.63, 3.8) is 0 Å². The highest BCUT2D eigenvalue weighted by atomic mass is 16.5. The highest BCUT2D eigenvalue weighted by Crippen LogP contribution is 2.14. The van der Waals surface area contributed by atoms with E-state index in [2.05, 4.69) is 4.98 Å². The Morgan fingerprint density at radius 2 is 2.24 bits per heavy atom. The van der Waals surface area contributed by atoms with Crippen LogP contribution in [0, 0.1) is 0 Å². The molecule has 1 aromatic heterocycles. The molecular formula is C12H13N3O2. The third-order valence-electron chi connectivity index (χ3n) is 2.24. The van der Waals surface area contributed by atoms with Gasteiger partial charge < -0.3 is 10.5 Å². The van der Waals surface area contributed by atoms with Crippen LogP contribution >= 0.6 is 0 Å². The number of aromatic nitrogens is 2. The largest absolute Gasteiger partial charge is 0.492 e. The number of anilines is 1. The molecule has 0 amide bonds. The molecule has 0 atom stereocenters. The standard InChI is InChI=1S/C12H13N3O2/c13-10-3-1-4-11(9-10)17-8-7-15-6-2-5-14-12(15)16/h1-6,9H,7-8,13H2. The zero-order valence-corrected chi connectivity index (χ0v) is 9.24. The van der Waals surface area contributed by atoms with Crippen LogP contribution in [0.15, 0.2) is 47.5 Å². The third kappa shape index (κ3) is 3.07. The summed E-state index contributed by atoms with van der Waals surface area (Å²) in [6.07, 6.45) is 3.15. The van der Waals surface area contributed by atoms with Crippen molar-refractivity contribution in [2.75, 3.05) is 12.3 Å². The van der Waals surface area contributed by atoms with E-state index in [-0.39, 0.29) is 5.69 Å². The van der Waals surface area contributed by atoms with Gasteiger partial charge in [0.1, 0.15) is 12.4 Å². The van der Waals surface area contributed by atoms with Gasteiger partial charge in [0.25, 0.3) is 0 Å². The van der Waals surface area contributed by atoms with Gasteiger partial charge in [-0.3, -0.25) is 4.57 Å². The highest BCUT2D eigenvalue weighted by Gasteiger charge is 1.97. The fraction of sp³-hybridized carbons (Fsp3) is 0.167. The van der Waals surface area contributed by atoms with Crippen LogP contribution in [0.25, 0.3) is 0 Å². The van der Waals surface area contributed by atoms with Crippen molar-refractivity contribution in [2.45, 2.75) is 6.54 Å². The molecule has 5 nitrogen and oxygen atoms in total. The van der Waals surface area contributed by atoms with E-state index in [9.17, 15) is 4.79 Å². The van der Waals surface area contributed by atoms with E-state index in [0.717, 1.165) is 0 Å². The zero-order valence-electron chi connectivity index (χ0n) is 9.24. The first kappa shape index (κ1) is 11.2. The Hall–Kier alpha value is -2.30. The number of nitrogens with two attached hydrogens (primary N) is 1. The van der Waals surface area contributed by atoms with E-state index in [0.29, 0.717) is 24.6 Å². The maximum absolute atomic E-state index is 11.3. The van der Waals surface area contributed by atoms with E-state index in [4.69, 9.17) is 10.5 Å². The molecule has 88 valence electrons. The van der Waals surface area contributed by atoms with E-state index in [1.165, 1.54) is 10.8 Å². The first-order valence-electron chi connectivity index (χ1n) is 5.25. The van der Waals surface area contributed by atoms with Gasteiger partial charge in [0, 0.05) is 24.1 Å². The zero-order chi connectivity index (χ0) is 12.1. The van der Waals surface area contributed by atoms with Gasteiger partial charge in [0.05, 0.1) is 6.54 Å². The Balaban J connectivity index is 1.92. The molecule has 0 aliphatic rings. The summed E-state index contributed by atoms with van der Waals surface area (Å²) < 4.78 is 6.97. The highest BCUT2D eigenvalue weighted by molar-refractivity contribution is 5.43. The average Bonchev–Trinajstić information content (AvgIpc) is 2.32. The van der Waals surface area contributed by atoms with Crippen LogP contribution < -0.4 is 16.2 Å². The minimum atomic E-state index is -0.274. The summed E-state index contributed by atoms with van der Waals surface area (Å²) in [4.78, 5) is 14.9. The lowest BCUT2D eigenvalue weighted by molar-refractivity contribution is 0.295. The van der Waals surface area contributed by atoms with Crippen molar-refractivity contribution in [3.05, 3.63) is 53.2 Å². The summed E-state index contributed by atoms with van der Waals surface area (Å²) in [6, 6.07) is 8.88. The first-order chi connectivity index (χ1) is 8.25. The number of hydrogen-bond donors (Lipinski definition) is 1. The lowest BCUT2D eigenvalue weighted by atomic mass is 10.3. The van der Waals surface area contributed by atoms with Crippen molar-refractivity contribution < 1.29 is 4.74 Å². The maximum atomic E-state index is 11.3. The smallest absolute Gasteiger partial charge is 0.347 e. The minimum Gasteiger partial charge on any atom is -0.492 e. The summed E-state index contributed by atoms with van der Waals surface area (Å²) in [5.41, 5.74) is 6.00. The van der Waals surface area contributed by atoms with Crippen LogP contribution in [0.5, 0.6) is 5.75 Å². The molecule has 1 aromatic carbocycles. The number of nitrogen functional groups attached to an aromatic ring is 1. The van der Waals surface area contributed by atoms with Crippen LogP contribution in [-0.2, 0) is 6.54 Å². The molecule has 0 bridgehead atoms. The van der Waals surface area contributed by atoms with Gasteiger partial charge in [-0.2, -0.15) is 0 Å². The number of rotatable bonds is 4. The molecular weight excluding hydrogens is 218 g/mol. The Labute approximate surface area is 98.5 Å². The SMILES string of the molecule is Nc1cccc(OCCn2cccnc2=O)c1. The molecule has 0 radical (unpaired) electrons. The molecule has 0 spiro atoms. The Bertz CT molecular complexity index is 551. The maximum Gasteiger partial charge on any atom is 0.347 e. The van der Waals surface area contributed by atoms with E-state index >= 15 is 0 Å². The number of nitrogens with zero attached hydrogens (tertiary/aromatic N) is 2. The van der Waals surface area contributed by atoms with Crippen LogP contribution in [0.2, 0.25) is 0 Å². The fourth-order valence-corrected chi connectivity index (χ4v) is 1.42. The minimum absolute atomic E-state index is 0.274. The van der Waals surface area contributed by atoms with Crippen LogP contribution in [0.1, 0.15) is 0 Å². The molecule has 0 saturated carbocycles. The normalized spacial score (nSPS) is 10.1. The second-order valence-corrected chi connectivity index (χ2v) is 3.52. The van der Waals surface area contributed by atoms with E-state index in [1.54, 1.807) is 24.4 Å². The van der Waals surface area contributed by atoms with Crippen molar-refractivity contribution >= 4 is 5.69 Å². The molecule has 2 rings (SSSR count). The number of ether oxygens (including phenoxy) is 1. The molecule has 0 aliphatic heterocycles. The van der Waals surface area contributed by atoms with Crippen LogP contribution in [-0.4, -0.2) is 16.2 Å². The van der Waals surface area contributed by atoms with Gasteiger partial charge in [0.2, 0.25) is 0 Å². The first-order valence-corrected chi connectivity index (χ1v) is 5.25. The Morgan fingerprint density at radius 1 is 1.35 bits per heavy atom. The van der Waals surface area contributed by atoms with Gasteiger partial charge in [-0.25, -0.2) is 9.78 Å². The summed E-state index contributed by atoms with van der Waals surface area (Å²) in [6.45, 7) is 0.858. The summed E-state index contributed by atoms with van der Waals surface area (Å²) in [7, 11) is 0. The van der Waals surface area contributed by atoms with Crippen molar-refractivity contribution in [1.82, 2.24) is 9.55 Å². The van der Waals surface area contributed by atoms with Gasteiger partial charge in [0.15, 0.2) is 0 Å². The van der Waals surface area contributed by atoms with Gasteiger partial charge in [-0.05, 0) is 18.2 Å². The van der Waals surface area contributed by atoms with Gasteiger partial charge >= 0.3 is 5.69 Å². The van der Waals surface area contributed by atoms with Gasteiger partial charge in [-0.1, -0.05) is 6.07 Å². The topological polar surface area (TPSA) is 70.1 Å². The predicted molar refractivity (Wildman–Crippen MR) is 64.8 cm³/mol. The molecule has 5 heteroatoms. The second kappa shape index (κ2) is 5.16. The second-order valence-electron chi connectivity index (χ2n) is 3.52. The molecule has 2 N–H and O–H groups in total. The molecule has 0 saturated heterocycles. The lowest BCUT2D eigenvalue weighted by Crippen LogP contribution is -2.24. The molecule has 1 heterocycles. The van der Waals surface area contributed by atoms with E-state index < -0.39 is 0 Å². The Morgan fingerprint density at radius 3 is 3.00 bits per heavy atom. The lowest BCUT2D eigenvalue weighted by Gasteiger charge is -2.07. The third-order valence-corrected chi connectivity index (χ3v) is 2.24. The van der Waals surface area contributed by atoms with Crippen LogP contribution in [0.4, 0.5) is 5.69 Å². The number of benzene rings is 1. The summed E-state index contributed by atoms with van der Waals surface area (Å²) >= 11 is 0. The summed E-state index contributed by atoms with van der Waals surface area (Å²) in [5, 5.41) is 0. The quantitative estimate of drug-likeness (QED) is 0.794. The summed E-state index contributed by atoms with van der Waals surface area (Å²) in [5.74, 6) is 0.696. The van der Waals surface area contributed by atoms with E-state index in [1.807, 2.05) is 12.1 Å². The van der Waals surface area contributed by atoms with Crippen molar-refractivity contribution in [3.8, 4) is 5.75 Å². The molecule has 0 fully saturated rings.